The first kappa shape index (κ1) is 8.01. The fraction of sp³-hybridized carbons (Fsp3) is 0.636. The summed E-state index contributed by atoms with van der Waals surface area (Å²) >= 11 is 1.85. The van der Waals surface area contributed by atoms with Crippen LogP contribution >= 0.6 is 11.3 Å². The Kier molecular flexibility index (Phi) is 1.46. The summed E-state index contributed by atoms with van der Waals surface area (Å²) < 4.78 is 0. The molecule has 2 atom stereocenters. The lowest BCUT2D eigenvalue weighted by atomic mass is 10.2. The van der Waals surface area contributed by atoms with Crippen molar-refractivity contribution in [3.63, 3.8) is 0 Å². The van der Waals surface area contributed by atoms with Gasteiger partial charge >= 0.3 is 0 Å². The largest absolute Gasteiger partial charge is 0.384 e. The van der Waals surface area contributed by atoms with Gasteiger partial charge in [-0.05, 0) is 43.2 Å². The number of aryl methyl sites for hydroxylation is 2. The highest BCUT2D eigenvalue weighted by Gasteiger charge is 2.52. The smallest absolute Gasteiger partial charge is 0.102 e. The highest BCUT2D eigenvalue weighted by Crippen LogP contribution is 2.54. The molecule has 2 aliphatic carbocycles. The van der Waals surface area contributed by atoms with E-state index in [0.29, 0.717) is 5.92 Å². The van der Waals surface area contributed by atoms with Gasteiger partial charge in [0.25, 0.3) is 0 Å². The summed E-state index contributed by atoms with van der Waals surface area (Å²) in [5.41, 5.74) is 1.07. The maximum Gasteiger partial charge on any atom is 0.102 e. The lowest BCUT2D eigenvalue weighted by molar-refractivity contribution is 0.138. The number of hydrogen-bond donors (Lipinski definition) is 1. The molecule has 1 fully saturated rings. The fourth-order valence-corrected chi connectivity index (χ4v) is 3.76. The molecule has 0 amide bonds. The molecule has 70 valence electrons. The first-order valence-electron chi connectivity index (χ1n) is 5.04. The third-order valence-electron chi connectivity index (χ3n) is 3.45. The SMILES string of the molecule is CC1CC1(O)c1cc2c(s1)CCC2. The summed E-state index contributed by atoms with van der Waals surface area (Å²) in [6.07, 6.45) is 4.75. The number of thiophene rings is 1. The van der Waals surface area contributed by atoms with E-state index in [1.165, 1.54) is 34.6 Å². The summed E-state index contributed by atoms with van der Waals surface area (Å²) in [6.45, 7) is 2.13. The number of hydrogen-bond acceptors (Lipinski definition) is 2. The van der Waals surface area contributed by atoms with E-state index < -0.39 is 5.60 Å². The fourth-order valence-electron chi connectivity index (χ4n) is 2.29. The molecule has 0 aromatic carbocycles. The molecule has 2 heteroatoms. The zero-order chi connectivity index (χ0) is 9.05. The van der Waals surface area contributed by atoms with E-state index in [1.807, 2.05) is 11.3 Å². The predicted octanol–water partition coefficient (Wildman–Crippen LogP) is 2.46. The van der Waals surface area contributed by atoms with Gasteiger partial charge in [0.2, 0.25) is 0 Å². The van der Waals surface area contributed by atoms with E-state index in [-0.39, 0.29) is 0 Å². The molecule has 0 spiro atoms. The van der Waals surface area contributed by atoms with Crippen molar-refractivity contribution in [2.75, 3.05) is 0 Å². The van der Waals surface area contributed by atoms with Crippen molar-refractivity contribution in [1.82, 2.24) is 0 Å². The van der Waals surface area contributed by atoms with E-state index in [2.05, 4.69) is 13.0 Å². The standard InChI is InChI=1S/C11H14OS/c1-7-6-11(7,12)10-5-8-3-2-4-9(8)13-10/h5,7,12H,2-4,6H2,1H3. The van der Waals surface area contributed by atoms with Gasteiger partial charge < -0.3 is 5.11 Å². The zero-order valence-corrected chi connectivity index (χ0v) is 8.66. The van der Waals surface area contributed by atoms with Gasteiger partial charge in [0.1, 0.15) is 5.60 Å². The lowest BCUT2D eigenvalue weighted by Gasteiger charge is -2.04. The van der Waals surface area contributed by atoms with E-state index in [1.54, 1.807) is 0 Å². The molecule has 1 saturated carbocycles. The molecule has 1 nitrogen and oxygen atoms in total. The molecule has 1 N–H and O–H groups in total. The highest BCUT2D eigenvalue weighted by molar-refractivity contribution is 7.12. The first-order chi connectivity index (χ1) is 6.20. The van der Waals surface area contributed by atoms with Crippen molar-refractivity contribution in [3.8, 4) is 0 Å². The second kappa shape index (κ2) is 2.37. The van der Waals surface area contributed by atoms with Gasteiger partial charge in [-0.25, -0.2) is 0 Å². The Morgan fingerprint density at radius 3 is 2.92 bits per heavy atom. The van der Waals surface area contributed by atoms with Crippen LogP contribution in [0.3, 0.4) is 0 Å². The first-order valence-corrected chi connectivity index (χ1v) is 5.86. The second-order valence-corrected chi connectivity index (χ2v) is 5.58. The third-order valence-corrected chi connectivity index (χ3v) is 4.85. The van der Waals surface area contributed by atoms with Crippen molar-refractivity contribution in [1.29, 1.82) is 0 Å². The predicted molar refractivity (Wildman–Crippen MR) is 54.0 cm³/mol. The summed E-state index contributed by atoms with van der Waals surface area (Å²) in [7, 11) is 0. The van der Waals surface area contributed by atoms with Gasteiger partial charge in [0, 0.05) is 9.75 Å². The van der Waals surface area contributed by atoms with E-state index in [4.69, 9.17) is 0 Å². The van der Waals surface area contributed by atoms with E-state index in [9.17, 15) is 5.11 Å². The molecular formula is C11H14OS. The number of aliphatic hydroxyl groups is 1. The average Bonchev–Trinajstić information content (AvgIpc) is 2.53. The molecular weight excluding hydrogens is 180 g/mol. The topological polar surface area (TPSA) is 20.2 Å². The van der Waals surface area contributed by atoms with Crippen LogP contribution in [-0.2, 0) is 18.4 Å². The summed E-state index contributed by atoms with van der Waals surface area (Å²) in [4.78, 5) is 2.76. The van der Waals surface area contributed by atoms with Gasteiger partial charge in [0.15, 0.2) is 0 Å². The van der Waals surface area contributed by atoms with Crippen LogP contribution in [0.25, 0.3) is 0 Å². The Bertz CT molecular complexity index is 333. The Labute approximate surface area is 82.4 Å². The molecule has 0 aliphatic heterocycles. The van der Waals surface area contributed by atoms with Crippen LogP contribution in [0.2, 0.25) is 0 Å². The van der Waals surface area contributed by atoms with E-state index >= 15 is 0 Å². The lowest BCUT2D eigenvalue weighted by Crippen LogP contribution is -2.04. The molecule has 0 radical (unpaired) electrons. The second-order valence-electron chi connectivity index (χ2n) is 4.44. The molecule has 2 aliphatic rings. The summed E-state index contributed by atoms with van der Waals surface area (Å²) in [5.74, 6) is 0.478. The Hall–Kier alpha value is -0.340. The quantitative estimate of drug-likeness (QED) is 0.728. The monoisotopic (exact) mass is 194 g/mol. The van der Waals surface area contributed by atoms with Gasteiger partial charge in [-0.3, -0.25) is 0 Å². The third kappa shape index (κ3) is 1.02. The van der Waals surface area contributed by atoms with Crippen LogP contribution in [0.15, 0.2) is 6.07 Å². The van der Waals surface area contributed by atoms with E-state index in [0.717, 1.165) is 6.42 Å². The molecule has 2 unspecified atom stereocenters. The van der Waals surface area contributed by atoms with Gasteiger partial charge in [-0.1, -0.05) is 6.92 Å². The minimum absolute atomic E-state index is 0.436. The average molecular weight is 194 g/mol. The molecule has 1 aromatic rings. The van der Waals surface area contributed by atoms with Crippen LogP contribution in [0, 0.1) is 5.92 Å². The number of fused-ring (bicyclic) bond motifs is 1. The highest BCUT2D eigenvalue weighted by atomic mass is 32.1. The minimum atomic E-state index is -0.436. The van der Waals surface area contributed by atoms with Crippen molar-refractivity contribution in [2.45, 2.75) is 38.2 Å². The van der Waals surface area contributed by atoms with Crippen molar-refractivity contribution >= 4 is 11.3 Å². The van der Waals surface area contributed by atoms with Crippen LogP contribution in [-0.4, -0.2) is 5.11 Å². The van der Waals surface area contributed by atoms with Crippen molar-refractivity contribution in [2.24, 2.45) is 5.92 Å². The van der Waals surface area contributed by atoms with Crippen LogP contribution < -0.4 is 0 Å². The molecule has 1 aromatic heterocycles. The zero-order valence-electron chi connectivity index (χ0n) is 7.84. The normalized spacial score (nSPS) is 36.3. The van der Waals surface area contributed by atoms with Gasteiger partial charge in [0.05, 0.1) is 0 Å². The molecule has 13 heavy (non-hydrogen) atoms. The van der Waals surface area contributed by atoms with Gasteiger partial charge in [-0.2, -0.15) is 0 Å². The van der Waals surface area contributed by atoms with Crippen LogP contribution in [0.1, 0.15) is 35.1 Å². The summed E-state index contributed by atoms with van der Waals surface area (Å²) in [5, 5.41) is 10.1. The molecule has 1 heterocycles. The molecule has 3 rings (SSSR count). The number of rotatable bonds is 1. The van der Waals surface area contributed by atoms with Crippen molar-refractivity contribution in [3.05, 3.63) is 21.4 Å². The van der Waals surface area contributed by atoms with Gasteiger partial charge in [-0.15, -0.1) is 11.3 Å². The molecule has 0 saturated heterocycles. The Morgan fingerprint density at radius 1 is 1.54 bits per heavy atom. The Balaban J connectivity index is 1.99. The Morgan fingerprint density at radius 2 is 2.31 bits per heavy atom. The molecule has 0 bridgehead atoms. The minimum Gasteiger partial charge on any atom is -0.384 e. The summed E-state index contributed by atoms with van der Waals surface area (Å²) in [6, 6.07) is 2.25. The maximum atomic E-state index is 10.1. The van der Waals surface area contributed by atoms with Crippen LogP contribution in [0.5, 0.6) is 0 Å². The maximum absolute atomic E-state index is 10.1. The van der Waals surface area contributed by atoms with Crippen LogP contribution in [0.4, 0.5) is 0 Å². The van der Waals surface area contributed by atoms with Crippen molar-refractivity contribution < 1.29 is 5.11 Å².